The molecule has 0 heterocycles. The Labute approximate surface area is 250 Å². The highest BCUT2D eigenvalue weighted by molar-refractivity contribution is 6.05. The fraction of sp³-hybridized carbons (Fsp3) is 0.649. The predicted molar refractivity (Wildman–Crippen MR) is 164 cm³/mol. The summed E-state index contributed by atoms with van der Waals surface area (Å²) < 4.78 is 0. The number of Topliss-reactive ketones (excluding diaryl/α,β-unsaturated/α-hetero) is 1. The van der Waals surface area contributed by atoms with Crippen molar-refractivity contribution in [1.29, 1.82) is 0 Å². The van der Waals surface area contributed by atoms with Gasteiger partial charge >= 0.3 is 11.9 Å². The molecule has 0 spiro atoms. The third kappa shape index (κ3) is 3.57. The van der Waals surface area contributed by atoms with Crippen LogP contribution < -0.4 is 0 Å². The molecule has 3 unspecified atom stereocenters. The van der Waals surface area contributed by atoms with E-state index < -0.39 is 17.4 Å². The molecular formula is C37H48O5. The molecule has 5 heteroatoms. The molecule has 3 fully saturated rings. The lowest BCUT2D eigenvalue weighted by atomic mass is 9.33. The number of fused-ring (bicyclic) bond motifs is 7. The maximum atomic E-state index is 13.4. The first-order valence-corrected chi connectivity index (χ1v) is 16.1. The molecule has 226 valence electrons. The Balaban J connectivity index is 1.40. The molecule has 42 heavy (non-hydrogen) atoms. The quantitative estimate of drug-likeness (QED) is 0.378. The average molecular weight is 573 g/mol. The normalized spacial score (nSPS) is 40.5. The number of aromatic carboxylic acids is 1. The number of carbonyl (C=O) groups excluding carboxylic acids is 1. The van der Waals surface area contributed by atoms with Crippen LogP contribution in [0.1, 0.15) is 116 Å². The second kappa shape index (κ2) is 9.16. The van der Waals surface area contributed by atoms with E-state index in [0.29, 0.717) is 23.8 Å². The van der Waals surface area contributed by atoms with E-state index in [1.807, 2.05) is 12.1 Å². The summed E-state index contributed by atoms with van der Waals surface area (Å²) in [5.41, 5.74) is 3.63. The van der Waals surface area contributed by atoms with E-state index in [-0.39, 0.29) is 45.7 Å². The second-order valence-electron chi connectivity index (χ2n) is 16.0. The lowest BCUT2D eigenvalue weighted by Crippen LogP contribution is -2.64. The van der Waals surface area contributed by atoms with E-state index in [0.717, 1.165) is 55.2 Å². The Bertz CT molecular complexity index is 1430. The summed E-state index contributed by atoms with van der Waals surface area (Å²) in [5.74, 6) is -0.447. The van der Waals surface area contributed by atoms with Crippen molar-refractivity contribution >= 4 is 23.3 Å². The maximum absolute atomic E-state index is 13.4. The Morgan fingerprint density at radius 1 is 0.857 bits per heavy atom. The van der Waals surface area contributed by atoms with Gasteiger partial charge in [0.25, 0.3) is 0 Å². The van der Waals surface area contributed by atoms with Gasteiger partial charge in [-0.1, -0.05) is 66.7 Å². The first-order valence-electron chi connectivity index (χ1n) is 16.1. The molecule has 1 aromatic rings. The van der Waals surface area contributed by atoms with Crippen LogP contribution in [0.2, 0.25) is 0 Å². The maximum Gasteiger partial charge on any atom is 0.335 e. The molecule has 6 rings (SSSR count). The van der Waals surface area contributed by atoms with Crippen molar-refractivity contribution in [3.05, 3.63) is 52.6 Å². The summed E-state index contributed by atoms with van der Waals surface area (Å²) >= 11 is 0. The minimum Gasteiger partial charge on any atom is -0.481 e. The molecule has 1 aromatic carbocycles. The van der Waals surface area contributed by atoms with E-state index in [2.05, 4.69) is 54.5 Å². The zero-order valence-electron chi connectivity index (χ0n) is 26.5. The molecule has 5 nitrogen and oxygen atoms in total. The monoisotopic (exact) mass is 572 g/mol. The van der Waals surface area contributed by atoms with E-state index in [9.17, 15) is 24.6 Å². The predicted octanol–water partition coefficient (Wildman–Crippen LogP) is 8.44. The van der Waals surface area contributed by atoms with Crippen LogP contribution in [-0.2, 0) is 9.59 Å². The lowest BCUT2D eigenvalue weighted by Gasteiger charge is -2.71. The van der Waals surface area contributed by atoms with Gasteiger partial charge in [-0.05, 0) is 125 Å². The summed E-state index contributed by atoms with van der Waals surface area (Å²) in [7, 11) is 0. The van der Waals surface area contributed by atoms with Gasteiger partial charge in [0.1, 0.15) is 0 Å². The third-order valence-corrected chi connectivity index (χ3v) is 13.9. The van der Waals surface area contributed by atoms with Crippen LogP contribution in [0.4, 0.5) is 0 Å². The van der Waals surface area contributed by atoms with E-state index in [1.165, 1.54) is 5.57 Å². The fourth-order valence-corrected chi connectivity index (χ4v) is 11.8. The van der Waals surface area contributed by atoms with Crippen molar-refractivity contribution in [2.75, 3.05) is 0 Å². The molecule has 0 aliphatic heterocycles. The molecule has 0 bridgehead atoms. The first-order chi connectivity index (χ1) is 19.5. The van der Waals surface area contributed by atoms with Crippen LogP contribution in [0, 0.1) is 50.7 Å². The Hall–Kier alpha value is -2.69. The summed E-state index contributed by atoms with van der Waals surface area (Å²) in [6.07, 6.45) is 9.26. The van der Waals surface area contributed by atoms with Gasteiger partial charge < -0.3 is 10.2 Å². The fourth-order valence-electron chi connectivity index (χ4n) is 11.8. The smallest absolute Gasteiger partial charge is 0.335 e. The molecule has 0 radical (unpaired) electrons. The summed E-state index contributed by atoms with van der Waals surface area (Å²) in [6, 6.07) is 7.38. The SMILES string of the molecule is CC(C)C1=C2C3CCC4[C@@]5(C)CC=C(c6ccc(C(=O)O)cc6)C(C)(C)C5CC[C@@]4(C)[C@]3(C)CC[C@@]2(C(=O)O)CC1=O. The highest BCUT2D eigenvalue weighted by Crippen LogP contribution is 2.76. The highest BCUT2D eigenvalue weighted by atomic mass is 16.4. The molecule has 7 atom stereocenters. The number of ketones is 1. The highest BCUT2D eigenvalue weighted by Gasteiger charge is 2.70. The largest absolute Gasteiger partial charge is 0.481 e. The van der Waals surface area contributed by atoms with Crippen molar-refractivity contribution in [3.8, 4) is 0 Å². The second-order valence-corrected chi connectivity index (χ2v) is 16.0. The zero-order valence-corrected chi connectivity index (χ0v) is 26.5. The third-order valence-electron chi connectivity index (χ3n) is 13.9. The van der Waals surface area contributed by atoms with Crippen LogP contribution in [0.25, 0.3) is 5.57 Å². The number of allylic oxidation sites excluding steroid dienone is 3. The van der Waals surface area contributed by atoms with Crippen molar-refractivity contribution < 1.29 is 24.6 Å². The minimum absolute atomic E-state index is 0.0436. The molecule has 3 saturated carbocycles. The summed E-state index contributed by atoms with van der Waals surface area (Å²) in [6.45, 7) is 16.4. The van der Waals surface area contributed by atoms with Gasteiger partial charge in [-0.3, -0.25) is 9.59 Å². The number of carbonyl (C=O) groups is 3. The first kappa shape index (κ1) is 29.4. The van der Waals surface area contributed by atoms with Crippen molar-refractivity contribution in [1.82, 2.24) is 0 Å². The van der Waals surface area contributed by atoms with Gasteiger partial charge in [0, 0.05) is 6.42 Å². The molecular weight excluding hydrogens is 524 g/mol. The van der Waals surface area contributed by atoms with Gasteiger partial charge in [0.15, 0.2) is 5.78 Å². The van der Waals surface area contributed by atoms with E-state index in [4.69, 9.17) is 0 Å². The lowest BCUT2D eigenvalue weighted by molar-refractivity contribution is -0.199. The number of carboxylic acids is 2. The standard InChI is InChI=1S/C37H48O5/c1-21(2)29-26(38)20-37(32(41)42)19-18-35(6)25(30(29)37)12-13-28-34(5)16-14-24(22-8-10-23(11-9-22)31(39)40)33(3,4)27(34)15-17-36(28,35)7/h8-11,14,21,25,27-28H,12-13,15-20H2,1-7H3,(H,39,40)(H,41,42)/t25?,27?,28?,34-,35+,36+,37+/m0/s1. The zero-order chi connectivity index (χ0) is 30.6. The average Bonchev–Trinajstić information content (AvgIpc) is 3.22. The van der Waals surface area contributed by atoms with Gasteiger partial charge in [0.05, 0.1) is 11.0 Å². The van der Waals surface area contributed by atoms with E-state index in [1.54, 1.807) is 12.1 Å². The van der Waals surface area contributed by atoms with Crippen molar-refractivity contribution in [2.24, 2.45) is 50.7 Å². The Morgan fingerprint density at radius 3 is 2.12 bits per heavy atom. The van der Waals surface area contributed by atoms with Crippen LogP contribution in [0.15, 0.2) is 41.5 Å². The Morgan fingerprint density at radius 2 is 1.52 bits per heavy atom. The van der Waals surface area contributed by atoms with Gasteiger partial charge in [-0.2, -0.15) is 0 Å². The molecule has 0 amide bonds. The number of benzene rings is 1. The van der Waals surface area contributed by atoms with Crippen molar-refractivity contribution in [2.45, 2.75) is 99.8 Å². The molecule has 0 aromatic heterocycles. The minimum atomic E-state index is -1.01. The number of hydrogen-bond acceptors (Lipinski definition) is 3. The molecule has 0 saturated heterocycles. The summed E-state index contributed by atoms with van der Waals surface area (Å²) in [5, 5.41) is 20.0. The summed E-state index contributed by atoms with van der Waals surface area (Å²) in [4.78, 5) is 37.7. The molecule has 2 N–H and O–H groups in total. The van der Waals surface area contributed by atoms with Gasteiger partial charge in [0.2, 0.25) is 0 Å². The number of hydrogen-bond donors (Lipinski definition) is 2. The van der Waals surface area contributed by atoms with Crippen LogP contribution in [-0.4, -0.2) is 27.9 Å². The van der Waals surface area contributed by atoms with E-state index >= 15 is 0 Å². The van der Waals surface area contributed by atoms with Crippen LogP contribution >= 0.6 is 0 Å². The van der Waals surface area contributed by atoms with Crippen LogP contribution in [0.3, 0.4) is 0 Å². The molecule has 5 aliphatic carbocycles. The number of carboxylic acid groups (broad SMARTS) is 2. The van der Waals surface area contributed by atoms with Crippen LogP contribution in [0.5, 0.6) is 0 Å². The number of rotatable bonds is 4. The van der Waals surface area contributed by atoms with Gasteiger partial charge in [-0.15, -0.1) is 0 Å². The topological polar surface area (TPSA) is 91.7 Å². The Kier molecular flexibility index (Phi) is 6.41. The van der Waals surface area contributed by atoms with Gasteiger partial charge in [-0.25, -0.2) is 4.79 Å². The number of aliphatic carboxylic acids is 1. The van der Waals surface area contributed by atoms with Crippen molar-refractivity contribution in [3.63, 3.8) is 0 Å². The molecule has 5 aliphatic rings.